The summed E-state index contributed by atoms with van der Waals surface area (Å²) in [5.74, 6) is 0.821. The minimum Gasteiger partial charge on any atom is -0.497 e. The summed E-state index contributed by atoms with van der Waals surface area (Å²) in [4.78, 5) is 5.93. The van der Waals surface area contributed by atoms with Crippen molar-refractivity contribution in [3.05, 3.63) is 59.8 Å². The summed E-state index contributed by atoms with van der Waals surface area (Å²) in [5.41, 5.74) is 4.90. The number of ether oxygens (including phenoxy) is 1. The van der Waals surface area contributed by atoms with E-state index in [-0.39, 0.29) is 6.04 Å². The molecule has 4 rings (SSSR count). The van der Waals surface area contributed by atoms with Crippen LogP contribution in [-0.4, -0.2) is 28.7 Å². The Morgan fingerprint density at radius 3 is 2.92 bits per heavy atom. The molecule has 0 spiro atoms. The first-order valence-corrected chi connectivity index (χ1v) is 9.43. The lowest BCUT2D eigenvalue weighted by molar-refractivity contribution is 0.291. The van der Waals surface area contributed by atoms with E-state index in [4.69, 9.17) is 17.0 Å². The van der Waals surface area contributed by atoms with Crippen molar-refractivity contribution in [2.75, 3.05) is 19.0 Å². The van der Waals surface area contributed by atoms with Gasteiger partial charge in [0.15, 0.2) is 5.11 Å². The molecule has 2 N–H and O–H groups in total. The van der Waals surface area contributed by atoms with E-state index in [2.05, 4.69) is 46.4 Å². The molecule has 1 aliphatic rings. The van der Waals surface area contributed by atoms with E-state index in [1.807, 2.05) is 24.3 Å². The smallest absolute Gasteiger partial charge is 0.174 e. The third-order valence-electron chi connectivity index (χ3n) is 5.13. The Morgan fingerprint density at radius 1 is 1.27 bits per heavy atom. The number of aromatic amines is 1. The molecular weight excluding hydrogens is 342 g/mol. The number of methoxy groups -OCH3 is 1. The fraction of sp³-hybridized carbons (Fsp3) is 0.286. The molecule has 1 aliphatic heterocycles. The van der Waals surface area contributed by atoms with Crippen molar-refractivity contribution in [3.8, 4) is 5.75 Å². The predicted octanol–water partition coefficient (Wildman–Crippen LogP) is 4.88. The van der Waals surface area contributed by atoms with Crippen molar-refractivity contribution in [1.82, 2.24) is 9.88 Å². The van der Waals surface area contributed by atoms with E-state index in [1.54, 1.807) is 7.11 Å². The number of H-pyrrole nitrogens is 1. The lowest BCUT2D eigenvalue weighted by Gasteiger charge is -2.37. The maximum atomic E-state index is 5.75. The lowest BCUT2D eigenvalue weighted by Crippen LogP contribution is -2.42. The molecule has 0 amide bonds. The van der Waals surface area contributed by atoms with Crippen molar-refractivity contribution in [2.24, 2.45) is 0 Å². The summed E-state index contributed by atoms with van der Waals surface area (Å²) in [6.07, 6.45) is 2.00. The van der Waals surface area contributed by atoms with Crippen LogP contribution in [0, 0.1) is 0 Å². The van der Waals surface area contributed by atoms with Crippen molar-refractivity contribution >= 4 is 33.9 Å². The molecular formula is C21H23N3OS. The maximum Gasteiger partial charge on any atom is 0.174 e. The molecule has 4 nitrogen and oxygen atoms in total. The molecule has 2 heterocycles. The molecule has 26 heavy (non-hydrogen) atoms. The number of hydrogen-bond donors (Lipinski definition) is 2. The highest BCUT2D eigenvalue weighted by Crippen LogP contribution is 2.36. The Labute approximate surface area is 159 Å². The van der Waals surface area contributed by atoms with E-state index in [1.165, 1.54) is 22.2 Å². The number of para-hydroxylation sites is 1. The van der Waals surface area contributed by atoms with Crippen LogP contribution >= 0.6 is 12.2 Å². The molecule has 0 aliphatic carbocycles. The molecule has 1 unspecified atom stereocenters. The second-order valence-electron chi connectivity index (χ2n) is 6.59. The average molecular weight is 366 g/mol. The molecule has 0 bridgehead atoms. The zero-order valence-electron chi connectivity index (χ0n) is 15.1. The standard InChI is InChI=1S/C21H23N3OS/c1-3-19-20-17(16-9-4-5-10-18(16)23-20)11-12-24(19)21(26)22-14-7-6-8-15(13-14)25-2/h4-10,13,19,23H,3,11-12H2,1-2H3,(H,22,26). The van der Waals surface area contributed by atoms with E-state index in [0.717, 1.165) is 35.9 Å². The molecule has 0 saturated heterocycles. The zero-order chi connectivity index (χ0) is 18.1. The average Bonchev–Trinajstić information content (AvgIpc) is 3.06. The topological polar surface area (TPSA) is 40.3 Å². The summed E-state index contributed by atoms with van der Waals surface area (Å²) in [7, 11) is 1.67. The van der Waals surface area contributed by atoms with Crippen LogP contribution in [0.4, 0.5) is 5.69 Å². The molecule has 0 fully saturated rings. The lowest BCUT2D eigenvalue weighted by atomic mass is 9.96. The van der Waals surface area contributed by atoms with Crippen LogP contribution in [0.3, 0.4) is 0 Å². The first-order chi connectivity index (χ1) is 12.7. The molecule has 134 valence electrons. The summed E-state index contributed by atoms with van der Waals surface area (Å²) >= 11 is 5.75. The monoisotopic (exact) mass is 365 g/mol. The highest BCUT2D eigenvalue weighted by Gasteiger charge is 2.30. The number of anilines is 1. The van der Waals surface area contributed by atoms with E-state index >= 15 is 0 Å². The Morgan fingerprint density at radius 2 is 2.12 bits per heavy atom. The molecule has 1 aromatic heterocycles. The minimum atomic E-state index is 0.261. The van der Waals surface area contributed by atoms with Gasteiger partial charge in [0.05, 0.1) is 13.2 Å². The van der Waals surface area contributed by atoms with Crippen LogP contribution in [-0.2, 0) is 6.42 Å². The first-order valence-electron chi connectivity index (χ1n) is 9.02. The van der Waals surface area contributed by atoms with Gasteiger partial charge in [0.1, 0.15) is 5.75 Å². The predicted molar refractivity (Wildman–Crippen MR) is 111 cm³/mol. The number of benzene rings is 2. The molecule has 1 atom stereocenters. The number of aromatic nitrogens is 1. The first kappa shape index (κ1) is 16.9. The van der Waals surface area contributed by atoms with Crippen LogP contribution < -0.4 is 10.1 Å². The summed E-state index contributed by atoms with van der Waals surface area (Å²) in [6.45, 7) is 3.13. The van der Waals surface area contributed by atoms with Crippen LogP contribution in [0.15, 0.2) is 48.5 Å². The summed E-state index contributed by atoms with van der Waals surface area (Å²) in [6, 6.07) is 16.7. The zero-order valence-corrected chi connectivity index (χ0v) is 15.9. The van der Waals surface area contributed by atoms with Crippen LogP contribution in [0.1, 0.15) is 30.6 Å². The van der Waals surface area contributed by atoms with Gasteiger partial charge in [-0.05, 0) is 48.8 Å². The van der Waals surface area contributed by atoms with Gasteiger partial charge in [0, 0.05) is 34.9 Å². The van der Waals surface area contributed by atoms with Crippen molar-refractivity contribution in [2.45, 2.75) is 25.8 Å². The van der Waals surface area contributed by atoms with E-state index in [0.29, 0.717) is 0 Å². The third kappa shape index (κ3) is 2.92. The third-order valence-corrected chi connectivity index (χ3v) is 5.46. The maximum absolute atomic E-state index is 5.75. The number of nitrogens with one attached hydrogen (secondary N) is 2. The number of fused-ring (bicyclic) bond motifs is 3. The van der Waals surface area contributed by atoms with Gasteiger partial charge in [0.2, 0.25) is 0 Å². The molecule has 0 saturated carbocycles. The molecule has 0 radical (unpaired) electrons. The van der Waals surface area contributed by atoms with Gasteiger partial charge in [-0.1, -0.05) is 31.2 Å². The van der Waals surface area contributed by atoms with Gasteiger partial charge in [-0.15, -0.1) is 0 Å². The Balaban J connectivity index is 1.61. The van der Waals surface area contributed by atoms with Gasteiger partial charge in [-0.2, -0.15) is 0 Å². The molecule has 2 aromatic carbocycles. The van der Waals surface area contributed by atoms with Crippen LogP contribution in [0.25, 0.3) is 10.9 Å². The van der Waals surface area contributed by atoms with Gasteiger partial charge in [0.25, 0.3) is 0 Å². The number of thiocarbonyl (C=S) groups is 1. The Kier molecular flexibility index (Phi) is 4.55. The quantitative estimate of drug-likeness (QED) is 0.649. The highest BCUT2D eigenvalue weighted by molar-refractivity contribution is 7.80. The van der Waals surface area contributed by atoms with Gasteiger partial charge in [-0.3, -0.25) is 0 Å². The van der Waals surface area contributed by atoms with Gasteiger partial charge < -0.3 is 19.9 Å². The fourth-order valence-corrected chi connectivity index (χ4v) is 4.22. The van der Waals surface area contributed by atoms with Crippen molar-refractivity contribution in [3.63, 3.8) is 0 Å². The summed E-state index contributed by atoms with van der Waals surface area (Å²) in [5, 5.41) is 5.48. The SMILES string of the molecule is CCC1c2[nH]c3ccccc3c2CCN1C(=S)Nc1cccc(OC)c1. The highest BCUT2D eigenvalue weighted by atomic mass is 32.1. The second kappa shape index (κ2) is 7.00. The largest absolute Gasteiger partial charge is 0.497 e. The molecule has 5 heteroatoms. The van der Waals surface area contributed by atoms with Gasteiger partial charge >= 0.3 is 0 Å². The number of hydrogen-bond acceptors (Lipinski definition) is 2. The van der Waals surface area contributed by atoms with E-state index < -0.39 is 0 Å². The van der Waals surface area contributed by atoms with Crippen molar-refractivity contribution < 1.29 is 4.74 Å². The second-order valence-corrected chi connectivity index (χ2v) is 6.98. The van der Waals surface area contributed by atoms with Crippen molar-refractivity contribution in [1.29, 1.82) is 0 Å². The number of rotatable bonds is 3. The normalized spacial score (nSPS) is 16.4. The number of nitrogens with zero attached hydrogens (tertiary/aromatic N) is 1. The Bertz CT molecular complexity index is 949. The minimum absolute atomic E-state index is 0.261. The van der Waals surface area contributed by atoms with E-state index in [9.17, 15) is 0 Å². The van der Waals surface area contributed by atoms with Gasteiger partial charge in [-0.25, -0.2) is 0 Å². The van der Waals surface area contributed by atoms with Crippen LogP contribution in [0.5, 0.6) is 5.75 Å². The summed E-state index contributed by atoms with van der Waals surface area (Å²) < 4.78 is 5.30. The van der Waals surface area contributed by atoms with Crippen LogP contribution in [0.2, 0.25) is 0 Å². The fourth-order valence-electron chi connectivity index (χ4n) is 3.88. The molecule has 3 aromatic rings. The Hall–Kier alpha value is -2.53.